The molecule has 0 aromatic carbocycles. The van der Waals surface area contributed by atoms with Gasteiger partial charge in [0.05, 0.1) is 6.10 Å². The van der Waals surface area contributed by atoms with Crippen molar-refractivity contribution in [3.8, 4) is 0 Å². The fourth-order valence-electron chi connectivity index (χ4n) is 2.94. The molecule has 100 valence electrons. The summed E-state index contributed by atoms with van der Waals surface area (Å²) in [6, 6.07) is 0.730. The molecule has 2 atom stereocenters. The van der Waals surface area contributed by atoms with Crippen LogP contribution < -0.4 is 5.32 Å². The van der Waals surface area contributed by atoms with Crippen molar-refractivity contribution in [3.05, 3.63) is 0 Å². The molecular weight excluding hydrogens is 212 g/mol. The summed E-state index contributed by atoms with van der Waals surface area (Å²) in [7, 11) is 0. The molecule has 0 amide bonds. The van der Waals surface area contributed by atoms with Gasteiger partial charge in [-0.05, 0) is 45.2 Å². The lowest BCUT2D eigenvalue weighted by Gasteiger charge is -2.27. The van der Waals surface area contributed by atoms with Crippen LogP contribution in [-0.2, 0) is 4.74 Å². The molecule has 0 aliphatic carbocycles. The van der Waals surface area contributed by atoms with E-state index in [-0.39, 0.29) is 0 Å². The van der Waals surface area contributed by atoms with Gasteiger partial charge in [-0.3, -0.25) is 4.90 Å². The standard InChI is InChI=1S/C14H28N2O/c1-2-3-9-16(11-13-6-4-8-15-13)12-14-7-5-10-17-14/h13-15H,2-12H2,1H3. The van der Waals surface area contributed by atoms with Gasteiger partial charge < -0.3 is 10.1 Å². The number of nitrogens with zero attached hydrogens (tertiary/aromatic N) is 1. The number of nitrogens with one attached hydrogen (secondary N) is 1. The minimum absolute atomic E-state index is 0.508. The highest BCUT2D eigenvalue weighted by molar-refractivity contribution is 4.80. The van der Waals surface area contributed by atoms with E-state index in [9.17, 15) is 0 Å². The van der Waals surface area contributed by atoms with Gasteiger partial charge in [0, 0.05) is 25.7 Å². The zero-order valence-electron chi connectivity index (χ0n) is 11.3. The molecule has 0 bridgehead atoms. The van der Waals surface area contributed by atoms with Crippen LogP contribution in [-0.4, -0.2) is 49.8 Å². The SMILES string of the molecule is CCCCN(CC1CCCN1)CC1CCCO1. The molecule has 0 spiro atoms. The lowest BCUT2D eigenvalue weighted by molar-refractivity contribution is 0.0699. The van der Waals surface area contributed by atoms with Gasteiger partial charge in [0.25, 0.3) is 0 Å². The third kappa shape index (κ3) is 4.57. The zero-order chi connectivity index (χ0) is 11.9. The molecule has 0 aromatic heterocycles. The Morgan fingerprint density at radius 1 is 1.24 bits per heavy atom. The number of rotatable bonds is 7. The van der Waals surface area contributed by atoms with E-state index in [1.165, 1.54) is 58.2 Å². The third-order valence-electron chi connectivity index (χ3n) is 3.95. The lowest BCUT2D eigenvalue weighted by Crippen LogP contribution is -2.41. The van der Waals surface area contributed by atoms with E-state index in [2.05, 4.69) is 17.1 Å². The number of unbranched alkanes of at least 4 members (excludes halogenated alkanes) is 1. The van der Waals surface area contributed by atoms with Crippen molar-refractivity contribution in [2.45, 2.75) is 57.6 Å². The maximum Gasteiger partial charge on any atom is 0.0702 e. The molecule has 2 rings (SSSR count). The highest BCUT2D eigenvalue weighted by Gasteiger charge is 2.22. The van der Waals surface area contributed by atoms with Crippen LogP contribution in [0.2, 0.25) is 0 Å². The molecule has 2 aliphatic heterocycles. The molecule has 3 nitrogen and oxygen atoms in total. The first kappa shape index (κ1) is 13.3. The molecule has 0 radical (unpaired) electrons. The second kappa shape index (κ2) is 7.34. The van der Waals surface area contributed by atoms with E-state index in [1.54, 1.807) is 0 Å². The van der Waals surface area contributed by atoms with Crippen molar-refractivity contribution >= 4 is 0 Å². The van der Waals surface area contributed by atoms with Gasteiger partial charge in [0.15, 0.2) is 0 Å². The van der Waals surface area contributed by atoms with Gasteiger partial charge in [0.1, 0.15) is 0 Å². The molecule has 2 aliphatic rings. The molecule has 1 N–H and O–H groups in total. The number of ether oxygens (including phenoxy) is 1. The summed E-state index contributed by atoms with van der Waals surface area (Å²) in [5.41, 5.74) is 0. The van der Waals surface area contributed by atoms with Crippen LogP contribution in [0.4, 0.5) is 0 Å². The van der Waals surface area contributed by atoms with E-state index in [4.69, 9.17) is 4.74 Å². The van der Waals surface area contributed by atoms with Crippen LogP contribution in [0.15, 0.2) is 0 Å². The first-order valence-electron chi connectivity index (χ1n) is 7.46. The van der Waals surface area contributed by atoms with Crippen LogP contribution >= 0.6 is 0 Å². The second-order valence-electron chi connectivity index (χ2n) is 5.54. The van der Waals surface area contributed by atoms with Gasteiger partial charge in [-0.2, -0.15) is 0 Å². The molecule has 0 saturated carbocycles. The molecule has 2 unspecified atom stereocenters. The predicted molar refractivity (Wildman–Crippen MR) is 71.3 cm³/mol. The van der Waals surface area contributed by atoms with E-state index < -0.39 is 0 Å². The smallest absolute Gasteiger partial charge is 0.0702 e. The Bertz CT molecular complexity index is 180. The average Bonchev–Trinajstić information content (AvgIpc) is 2.99. The van der Waals surface area contributed by atoms with Gasteiger partial charge in [-0.25, -0.2) is 0 Å². The minimum atomic E-state index is 0.508. The van der Waals surface area contributed by atoms with Crippen LogP contribution in [0.25, 0.3) is 0 Å². The Morgan fingerprint density at radius 3 is 2.82 bits per heavy atom. The Kier molecular flexibility index (Phi) is 5.75. The van der Waals surface area contributed by atoms with E-state index >= 15 is 0 Å². The summed E-state index contributed by atoms with van der Waals surface area (Å²) in [5.74, 6) is 0. The Hall–Kier alpha value is -0.120. The maximum atomic E-state index is 5.77. The highest BCUT2D eigenvalue weighted by atomic mass is 16.5. The maximum absolute atomic E-state index is 5.77. The van der Waals surface area contributed by atoms with Gasteiger partial charge in [0.2, 0.25) is 0 Å². The summed E-state index contributed by atoms with van der Waals surface area (Å²) in [6.45, 7) is 8.09. The van der Waals surface area contributed by atoms with Crippen LogP contribution in [0.3, 0.4) is 0 Å². The Morgan fingerprint density at radius 2 is 2.18 bits per heavy atom. The summed E-state index contributed by atoms with van der Waals surface area (Å²) < 4.78 is 5.77. The van der Waals surface area contributed by atoms with Crippen molar-refractivity contribution < 1.29 is 4.74 Å². The first-order chi connectivity index (χ1) is 8.38. The lowest BCUT2D eigenvalue weighted by atomic mass is 10.1. The Balaban J connectivity index is 1.74. The van der Waals surface area contributed by atoms with Crippen LogP contribution in [0.5, 0.6) is 0 Å². The summed E-state index contributed by atoms with van der Waals surface area (Å²) >= 11 is 0. The zero-order valence-corrected chi connectivity index (χ0v) is 11.3. The van der Waals surface area contributed by atoms with E-state index in [1.807, 2.05) is 0 Å². The van der Waals surface area contributed by atoms with E-state index in [0.29, 0.717) is 6.10 Å². The third-order valence-corrected chi connectivity index (χ3v) is 3.95. The quantitative estimate of drug-likeness (QED) is 0.737. The molecule has 2 saturated heterocycles. The topological polar surface area (TPSA) is 24.5 Å². The predicted octanol–water partition coefficient (Wildman–Crippen LogP) is 2.02. The first-order valence-corrected chi connectivity index (χ1v) is 7.46. The van der Waals surface area contributed by atoms with Gasteiger partial charge >= 0.3 is 0 Å². The van der Waals surface area contributed by atoms with E-state index in [0.717, 1.165) is 19.2 Å². The molecule has 3 heteroatoms. The molecule has 2 fully saturated rings. The fraction of sp³-hybridized carbons (Fsp3) is 1.00. The molecule has 2 heterocycles. The van der Waals surface area contributed by atoms with Crippen molar-refractivity contribution in [3.63, 3.8) is 0 Å². The normalized spacial score (nSPS) is 29.3. The van der Waals surface area contributed by atoms with Crippen molar-refractivity contribution in [2.24, 2.45) is 0 Å². The largest absolute Gasteiger partial charge is 0.377 e. The Labute approximate surface area is 106 Å². The van der Waals surface area contributed by atoms with Crippen LogP contribution in [0, 0.1) is 0 Å². The fourth-order valence-corrected chi connectivity index (χ4v) is 2.94. The minimum Gasteiger partial charge on any atom is -0.377 e. The van der Waals surface area contributed by atoms with Crippen LogP contribution in [0.1, 0.15) is 45.4 Å². The summed E-state index contributed by atoms with van der Waals surface area (Å²) in [5, 5.41) is 3.61. The number of hydrogen-bond donors (Lipinski definition) is 1. The van der Waals surface area contributed by atoms with Crippen molar-refractivity contribution in [1.82, 2.24) is 10.2 Å². The second-order valence-corrected chi connectivity index (χ2v) is 5.54. The number of hydrogen-bond acceptors (Lipinski definition) is 3. The monoisotopic (exact) mass is 240 g/mol. The van der Waals surface area contributed by atoms with Gasteiger partial charge in [-0.15, -0.1) is 0 Å². The average molecular weight is 240 g/mol. The summed E-state index contributed by atoms with van der Waals surface area (Å²) in [4.78, 5) is 2.63. The van der Waals surface area contributed by atoms with Gasteiger partial charge in [-0.1, -0.05) is 13.3 Å². The van der Waals surface area contributed by atoms with Crippen molar-refractivity contribution in [2.75, 3.05) is 32.8 Å². The molecule has 0 aromatic rings. The highest BCUT2D eigenvalue weighted by Crippen LogP contribution is 2.15. The molecular formula is C14H28N2O. The molecule has 17 heavy (non-hydrogen) atoms. The summed E-state index contributed by atoms with van der Waals surface area (Å²) in [6.07, 6.45) is 8.35. The van der Waals surface area contributed by atoms with Crippen molar-refractivity contribution in [1.29, 1.82) is 0 Å².